The van der Waals surface area contributed by atoms with Gasteiger partial charge in [0.25, 0.3) is 5.91 Å². The largest absolute Gasteiger partial charge is 0.340 e. The highest BCUT2D eigenvalue weighted by molar-refractivity contribution is 7.98. The second-order valence-corrected chi connectivity index (χ2v) is 8.33. The number of amides is 1. The molecule has 5 nitrogen and oxygen atoms in total. The van der Waals surface area contributed by atoms with Crippen LogP contribution in [0.4, 0.5) is 5.69 Å². The lowest BCUT2D eigenvalue weighted by Crippen LogP contribution is -2.14. The smallest absolute Gasteiger partial charge is 0.258 e. The topological polar surface area (TPSA) is 70.7 Å². The number of H-pyrrole nitrogens is 1. The Bertz CT molecular complexity index is 1190. The molecule has 0 atom stereocenters. The Morgan fingerprint density at radius 1 is 1.13 bits per heavy atom. The summed E-state index contributed by atoms with van der Waals surface area (Å²) in [6.07, 6.45) is 6.28. The highest BCUT2D eigenvalue weighted by atomic mass is 35.5. The monoisotopic (exact) mass is 456 g/mol. The summed E-state index contributed by atoms with van der Waals surface area (Å²) in [5.41, 5.74) is 3.92. The molecule has 0 unspecified atom stereocenters. The van der Waals surface area contributed by atoms with Crippen molar-refractivity contribution < 1.29 is 4.79 Å². The van der Waals surface area contributed by atoms with Crippen molar-refractivity contribution in [2.24, 2.45) is 0 Å². The van der Waals surface area contributed by atoms with E-state index >= 15 is 0 Å². The van der Waals surface area contributed by atoms with E-state index in [1.807, 2.05) is 24.4 Å². The molecular weight excluding hydrogens is 439 g/mol. The number of hydrogen-bond donors (Lipinski definition) is 2. The number of pyridine rings is 1. The molecule has 1 amide bonds. The van der Waals surface area contributed by atoms with Crippen molar-refractivity contribution in [2.45, 2.75) is 24.3 Å². The fourth-order valence-corrected chi connectivity index (χ4v) is 4.74. The number of halogens is 2. The number of aryl methyl sites for hydroxylation is 1. The Balaban J connectivity index is 1.71. The van der Waals surface area contributed by atoms with Crippen molar-refractivity contribution in [3.8, 4) is 0 Å². The standard InChI is InChI=1S/C22H18Cl2N4OS/c1-2-13-11-27-20-14(15(13)12-30-22-25-9-10-26-22)5-3-8-18(20)28-21(29)19-16(23)6-4-7-17(19)24/h3-11H,2,12H2,1H3,(H,25,26)(H,28,29). The molecule has 0 aliphatic rings. The molecule has 4 rings (SSSR count). The summed E-state index contributed by atoms with van der Waals surface area (Å²) in [4.78, 5) is 24.9. The summed E-state index contributed by atoms with van der Waals surface area (Å²) < 4.78 is 0. The lowest BCUT2D eigenvalue weighted by atomic mass is 10.0. The van der Waals surface area contributed by atoms with Gasteiger partial charge in [0.2, 0.25) is 0 Å². The van der Waals surface area contributed by atoms with E-state index in [1.165, 1.54) is 11.1 Å². The van der Waals surface area contributed by atoms with E-state index in [-0.39, 0.29) is 11.5 Å². The van der Waals surface area contributed by atoms with Gasteiger partial charge in [-0.3, -0.25) is 9.78 Å². The van der Waals surface area contributed by atoms with Gasteiger partial charge in [0.05, 0.1) is 26.8 Å². The Morgan fingerprint density at radius 2 is 1.90 bits per heavy atom. The van der Waals surface area contributed by atoms with Gasteiger partial charge in [-0.2, -0.15) is 0 Å². The first kappa shape index (κ1) is 20.7. The van der Waals surface area contributed by atoms with E-state index in [0.29, 0.717) is 15.7 Å². The fourth-order valence-electron chi connectivity index (χ4n) is 3.27. The van der Waals surface area contributed by atoms with Gasteiger partial charge in [-0.05, 0) is 35.7 Å². The number of para-hydroxylation sites is 1. The molecule has 0 saturated heterocycles. The summed E-state index contributed by atoms with van der Waals surface area (Å²) in [6.45, 7) is 2.11. The van der Waals surface area contributed by atoms with Gasteiger partial charge in [-0.25, -0.2) is 4.98 Å². The second kappa shape index (κ2) is 9.08. The van der Waals surface area contributed by atoms with Crippen LogP contribution in [0, 0.1) is 0 Å². The zero-order valence-corrected chi connectivity index (χ0v) is 18.4. The molecule has 2 aromatic carbocycles. The van der Waals surface area contributed by atoms with Gasteiger partial charge in [0.15, 0.2) is 5.16 Å². The lowest BCUT2D eigenvalue weighted by Gasteiger charge is -2.14. The lowest BCUT2D eigenvalue weighted by molar-refractivity contribution is 0.102. The molecule has 2 heterocycles. The number of aromatic amines is 1. The molecule has 2 N–H and O–H groups in total. The quantitative estimate of drug-likeness (QED) is 0.330. The van der Waals surface area contributed by atoms with Gasteiger partial charge in [0.1, 0.15) is 0 Å². The maximum atomic E-state index is 12.9. The van der Waals surface area contributed by atoms with Crippen LogP contribution in [0.1, 0.15) is 28.4 Å². The fraction of sp³-hybridized carbons (Fsp3) is 0.136. The Kier molecular flexibility index (Phi) is 6.27. The minimum atomic E-state index is -0.369. The number of aromatic nitrogens is 3. The number of imidazole rings is 1. The average Bonchev–Trinajstić information content (AvgIpc) is 3.25. The van der Waals surface area contributed by atoms with Gasteiger partial charge < -0.3 is 10.3 Å². The van der Waals surface area contributed by atoms with Crippen LogP contribution in [0.25, 0.3) is 10.9 Å². The minimum Gasteiger partial charge on any atom is -0.340 e. The molecule has 0 bridgehead atoms. The highest BCUT2D eigenvalue weighted by Crippen LogP contribution is 2.32. The van der Waals surface area contributed by atoms with Crippen molar-refractivity contribution >= 4 is 57.5 Å². The molecule has 30 heavy (non-hydrogen) atoms. The molecule has 0 saturated carbocycles. The van der Waals surface area contributed by atoms with Crippen molar-refractivity contribution in [1.29, 1.82) is 0 Å². The van der Waals surface area contributed by atoms with Crippen LogP contribution >= 0.6 is 35.0 Å². The van der Waals surface area contributed by atoms with Gasteiger partial charge >= 0.3 is 0 Å². The van der Waals surface area contributed by atoms with Gasteiger partial charge in [-0.1, -0.05) is 60.1 Å². The maximum absolute atomic E-state index is 12.9. The summed E-state index contributed by atoms with van der Waals surface area (Å²) in [5.74, 6) is 0.370. The third kappa shape index (κ3) is 4.17. The molecular formula is C22H18Cl2N4OS. The molecule has 8 heteroatoms. The molecule has 4 aromatic rings. The number of fused-ring (bicyclic) bond motifs is 1. The first-order chi connectivity index (χ1) is 14.6. The van der Waals surface area contributed by atoms with E-state index in [1.54, 1.807) is 42.4 Å². The normalized spacial score (nSPS) is 11.0. The minimum absolute atomic E-state index is 0.247. The third-order valence-electron chi connectivity index (χ3n) is 4.74. The zero-order valence-electron chi connectivity index (χ0n) is 16.1. The predicted molar refractivity (Wildman–Crippen MR) is 124 cm³/mol. The van der Waals surface area contributed by atoms with Gasteiger partial charge in [0, 0.05) is 29.7 Å². The van der Waals surface area contributed by atoms with E-state index in [9.17, 15) is 4.79 Å². The number of nitrogens with one attached hydrogen (secondary N) is 2. The third-order valence-corrected chi connectivity index (χ3v) is 6.30. The molecule has 0 aliphatic carbocycles. The van der Waals surface area contributed by atoms with E-state index in [2.05, 4.69) is 27.2 Å². The zero-order chi connectivity index (χ0) is 21.1. The Hall–Kier alpha value is -2.54. The first-order valence-corrected chi connectivity index (χ1v) is 11.1. The van der Waals surface area contributed by atoms with Gasteiger partial charge in [-0.15, -0.1) is 0 Å². The Morgan fingerprint density at radius 3 is 2.60 bits per heavy atom. The number of hydrogen-bond acceptors (Lipinski definition) is 4. The number of benzene rings is 2. The molecule has 152 valence electrons. The number of carbonyl (C=O) groups is 1. The molecule has 0 spiro atoms. The van der Waals surface area contributed by atoms with Crippen molar-refractivity contribution in [3.05, 3.63) is 81.7 Å². The van der Waals surface area contributed by atoms with Crippen molar-refractivity contribution in [2.75, 3.05) is 5.32 Å². The highest BCUT2D eigenvalue weighted by Gasteiger charge is 2.17. The SMILES string of the molecule is CCc1cnc2c(NC(=O)c3c(Cl)cccc3Cl)cccc2c1CSc1ncc[nH]1. The van der Waals surface area contributed by atoms with E-state index in [0.717, 1.165) is 28.2 Å². The summed E-state index contributed by atoms with van der Waals surface area (Å²) in [7, 11) is 0. The maximum Gasteiger partial charge on any atom is 0.258 e. The second-order valence-electron chi connectivity index (χ2n) is 6.55. The number of nitrogens with zero attached hydrogens (tertiary/aromatic N) is 2. The average molecular weight is 457 g/mol. The number of anilines is 1. The molecule has 2 aromatic heterocycles. The van der Waals surface area contributed by atoms with Crippen LogP contribution in [0.5, 0.6) is 0 Å². The molecule has 0 aliphatic heterocycles. The van der Waals surface area contributed by atoms with Crippen molar-refractivity contribution in [3.63, 3.8) is 0 Å². The Labute approximate surface area is 188 Å². The van der Waals surface area contributed by atoms with Crippen LogP contribution in [0.15, 0.2) is 60.1 Å². The predicted octanol–water partition coefficient (Wildman–Crippen LogP) is 6.37. The van der Waals surface area contributed by atoms with Crippen LogP contribution in [0.3, 0.4) is 0 Å². The van der Waals surface area contributed by atoms with Crippen LogP contribution in [-0.4, -0.2) is 20.9 Å². The summed E-state index contributed by atoms with van der Waals surface area (Å²) in [6, 6.07) is 10.7. The van der Waals surface area contributed by atoms with Crippen LogP contribution < -0.4 is 5.32 Å². The van der Waals surface area contributed by atoms with Crippen molar-refractivity contribution in [1.82, 2.24) is 15.0 Å². The van der Waals surface area contributed by atoms with Crippen LogP contribution in [0.2, 0.25) is 10.0 Å². The number of carbonyl (C=O) groups excluding carboxylic acids is 1. The summed E-state index contributed by atoms with van der Waals surface area (Å²) in [5, 5.41) is 5.38. The number of thioether (sulfide) groups is 1. The van der Waals surface area contributed by atoms with E-state index < -0.39 is 0 Å². The van der Waals surface area contributed by atoms with E-state index in [4.69, 9.17) is 23.2 Å². The number of rotatable bonds is 6. The molecule has 0 fully saturated rings. The van der Waals surface area contributed by atoms with Crippen LogP contribution in [-0.2, 0) is 12.2 Å². The first-order valence-electron chi connectivity index (χ1n) is 9.35. The summed E-state index contributed by atoms with van der Waals surface area (Å²) >= 11 is 14.0. The molecule has 0 radical (unpaired) electrons.